The summed E-state index contributed by atoms with van der Waals surface area (Å²) in [6, 6.07) is 5.54. The van der Waals surface area contributed by atoms with Crippen LogP contribution in [0.2, 0.25) is 0 Å². The van der Waals surface area contributed by atoms with Crippen molar-refractivity contribution in [2.45, 2.75) is 37.8 Å². The van der Waals surface area contributed by atoms with E-state index in [0.29, 0.717) is 24.6 Å². The third-order valence-electron chi connectivity index (χ3n) is 5.10. The number of hydrogen-bond donors (Lipinski definition) is 3. The van der Waals surface area contributed by atoms with Gasteiger partial charge < -0.3 is 20.4 Å². The Bertz CT molecular complexity index is 715. The Morgan fingerprint density at radius 2 is 1.85 bits per heavy atom. The summed E-state index contributed by atoms with van der Waals surface area (Å²) in [4.78, 5) is 38.8. The van der Waals surface area contributed by atoms with Gasteiger partial charge in [0.25, 0.3) is 0 Å². The lowest BCUT2D eigenvalue weighted by atomic mass is 10.0. The molecular weight excluding hydrogens is 346 g/mol. The average molecular weight is 373 g/mol. The smallest absolute Gasteiger partial charge is 0.249 e. The molecule has 3 N–H and O–H groups in total. The zero-order valence-electron chi connectivity index (χ0n) is 15.8. The van der Waals surface area contributed by atoms with Gasteiger partial charge in [-0.3, -0.25) is 19.7 Å². The summed E-state index contributed by atoms with van der Waals surface area (Å²) in [5.41, 5.74) is 2.48. The number of nitrogens with zero attached hydrogens (tertiary/aromatic N) is 2. The Morgan fingerprint density at radius 1 is 1.11 bits per heavy atom. The Morgan fingerprint density at radius 3 is 2.48 bits per heavy atom. The van der Waals surface area contributed by atoms with Gasteiger partial charge in [-0.1, -0.05) is 0 Å². The van der Waals surface area contributed by atoms with Crippen molar-refractivity contribution >= 4 is 35.3 Å². The molecule has 1 atom stereocenters. The first-order valence-electron chi connectivity index (χ1n) is 9.35. The number of amides is 3. The Labute approximate surface area is 159 Å². The van der Waals surface area contributed by atoms with Gasteiger partial charge in [-0.15, -0.1) is 0 Å². The maximum Gasteiger partial charge on any atom is 0.249 e. The molecule has 8 nitrogen and oxygen atoms in total. The van der Waals surface area contributed by atoms with Crippen molar-refractivity contribution in [2.75, 3.05) is 42.3 Å². The summed E-state index contributed by atoms with van der Waals surface area (Å²) >= 11 is 0. The van der Waals surface area contributed by atoms with Crippen molar-refractivity contribution in [3.63, 3.8) is 0 Å². The molecule has 1 unspecified atom stereocenters. The molecule has 1 aromatic rings. The van der Waals surface area contributed by atoms with Gasteiger partial charge >= 0.3 is 0 Å². The highest BCUT2D eigenvalue weighted by molar-refractivity contribution is 6.04. The second kappa shape index (κ2) is 8.39. The Hall–Kier alpha value is -2.61. The molecule has 0 aliphatic carbocycles. The van der Waals surface area contributed by atoms with E-state index in [1.165, 1.54) is 4.90 Å². The van der Waals surface area contributed by atoms with E-state index in [4.69, 9.17) is 0 Å². The van der Waals surface area contributed by atoms with Gasteiger partial charge in [0, 0.05) is 32.2 Å². The van der Waals surface area contributed by atoms with Crippen molar-refractivity contribution in [3.8, 4) is 0 Å². The molecule has 27 heavy (non-hydrogen) atoms. The van der Waals surface area contributed by atoms with Crippen LogP contribution >= 0.6 is 0 Å². The van der Waals surface area contributed by atoms with E-state index in [1.54, 1.807) is 0 Å². The molecule has 1 aromatic carbocycles. The SMILES string of the molecule is CN(C)c1cc(NC2CCNCC2)ccc1N(C=O)C1CCC(=O)NC1=O. The zero-order valence-corrected chi connectivity index (χ0v) is 15.8. The van der Waals surface area contributed by atoms with Gasteiger partial charge in [0.05, 0.1) is 11.4 Å². The van der Waals surface area contributed by atoms with Gasteiger partial charge in [0.2, 0.25) is 18.2 Å². The number of hydrogen-bond acceptors (Lipinski definition) is 6. The first-order valence-corrected chi connectivity index (χ1v) is 9.35. The summed E-state index contributed by atoms with van der Waals surface area (Å²) in [5, 5.41) is 9.22. The van der Waals surface area contributed by atoms with Gasteiger partial charge in [0.1, 0.15) is 6.04 Å². The normalized spacial score (nSPS) is 20.7. The van der Waals surface area contributed by atoms with Crippen LogP contribution < -0.4 is 25.8 Å². The van der Waals surface area contributed by atoms with Crippen LogP contribution in [0.5, 0.6) is 0 Å². The van der Waals surface area contributed by atoms with Crippen LogP contribution in [0.15, 0.2) is 18.2 Å². The fraction of sp³-hybridized carbons (Fsp3) is 0.526. The van der Waals surface area contributed by atoms with E-state index >= 15 is 0 Å². The molecular formula is C19H27N5O3. The highest BCUT2D eigenvalue weighted by Crippen LogP contribution is 2.33. The molecule has 0 radical (unpaired) electrons. The van der Waals surface area contributed by atoms with Crippen molar-refractivity contribution in [1.29, 1.82) is 0 Å². The maximum absolute atomic E-state index is 12.2. The number of imide groups is 1. The monoisotopic (exact) mass is 373 g/mol. The number of piperidine rings is 2. The molecule has 8 heteroatoms. The van der Waals surface area contributed by atoms with Crippen LogP contribution in [0.25, 0.3) is 0 Å². The van der Waals surface area contributed by atoms with E-state index < -0.39 is 11.9 Å². The topological polar surface area (TPSA) is 93.8 Å². The fourth-order valence-corrected chi connectivity index (χ4v) is 3.64. The lowest BCUT2D eigenvalue weighted by molar-refractivity contribution is -0.134. The molecule has 0 spiro atoms. The van der Waals surface area contributed by atoms with Crippen LogP contribution in [-0.4, -0.2) is 57.5 Å². The summed E-state index contributed by atoms with van der Waals surface area (Å²) in [6.45, 7) is 2.01. The Balaban J connectivity index is 1.85. The van der Waals surface area contributed by atoms with E-state index in [1.807, 2.05) is 37.2 Å². The van der Waals surface area contributed by atoms with Gasteiger partial charge in [-0.2, -0.15) is 0 Å². The van der Waals surface area contributed by atoms with E-state index in [-0.39, 0.29) is 12.3 Å². The number of nitrogens with one attached hydrogen (secondary N) is 3. The number of carbonyl (C=O) groups is 3. The number of anilines is 3. The van der Waals surface area contributed by atoms with Gasteiger partial charge in [0.15, 0.2) is 0 Å². The number of carbonyl (C=O) groups excluding carboxylic acids is 3. The van der Waals surface area contributed by atoms with Crippen molar-refractivity contribution < 1.29 is 14.4 Å². The predicted octanol–water partition coefficient (Wildman–Crippen LogP) is 0.685. The molecule has 2 aliphatic heterocycles. The molecule has 0 saturated carbocycles. The lowest BCUT2D eigenvalue weighted by Crippen LogP contribution is -2.52. The highest BCUT2D eigenvalue weighted by atomic mass is 16.2. The standard InChI is InChI=1S/C19H27N5O3/c1-23(2)17-11-14(21-13-7-9-20-10-8-13)3-4-15(17)24(12-25)16-5-6-18(26)22-19(16)27/h3-4,11-13,16,20-21H,5-10H2,1-2H3,(H,22,26,27). The quantitative estimate of drug-likeness (QED) is 0.502. The predicted molar refractivity (Wildman–Crippen MR) is 105 cm³/mol. The number of rotatable bonds is 6. The molecule has 3 amide bonds. The van der Waals surface area contributed by atoms with Crippen molar-refractivity contribution in [3.05, 3.63) is 18.2 Å². The second-order valence-corrected chi connectivity index (χ2v) is 7.25. The fourth-order valence-electron chi connectivity index (χ4n) is 3.64. The largest absolute Gasteiger partial charge is 0.382 e. The molecule has 2 saturated heterocycles. The number of benzene rings is 1. The summed E-state index contributed by atoms with van der Waals surface area (Å²) < 4.78 is 0. The highest BCUT2D eigenvalue weighted by Gasteiger charge is 2.33. The third kappa shape index (κ3) is 4.39. The lowest BCUT2D eigenvalue weighted by Gasteiger charge is -2.33. The minimum atomic E-state index is -0.679. The zero-order chi connectivity index (χ0) is 19.4. The minimum Gasteiger partial charge on any atom is -0.382 e. The van der Waals surface area contributed by atoms with Crippen LogP contribution in [0.3, 0.4) is 0 Å². The van der Waals surface area contributed by atoms with Crippen LogP contribution in [-0.2, 0) is 14.4 Å². The average Bonchev–Trinajstić information content (AvgIpc) is 2.65. The first kappa shape index (κ1) is 19.2. The molecule has 146 valence electrons. The third-order valence-corrected chi connectivity index (χ3v) is 5.10. The van der Waals surface area contributed by atoms with Crippen molar-refractivity contribution in [1.82, 2.24) is 10.6 Å². The van der Waals surface area contributed by atoms with Crippen LogP contribution in [0.1, 0.15) is 25.7 Å². The first-order chi connectivity index (χ1) is 13.0. The van der Waals surface area contributed by atoms with Crippen LogP contribution in [0, 0.1) is 0 Å². The summed E-state index contributed by atoms with van der Waals surface area (Å²) in [7, 11) is 3.81. The van der Waals surface area contributed by atoms with Gasteiger partial charge in [-0.25, -0.2) is 0 Å². The summed E-state index contributed by atoms with van der Waals surface area (Å²) in [6.07, 6.45) is 3.35. The molecule has 3 rings (SSSR count). The molecule has 2 fully saturated rings. The van der Waals surface area contributed by atoms with E-state index in [0.717, 1.165) is 37.3 Å². The summed E-state index contributed by atoms with van der Waals surface area (Å²) in [5.74, 6) is -0.726. The van der Waals surface area contributed by atoms with Gasteiger partial charge in [-0.05, 0) is 50.6 Å². The van der Waals surface area contributed by atoms with Crippen molar-refractivity contribution in [2.24, 2.45) is 0 Å². The maximum atomic E-state index is 12.2. The molecule has 2 aliphatic rings. The molecule has 0 bridgehead atoms. The molecule has 0 aromatic heterocycles. The Kier molecular flexibility index (Phi) is 5.95. The van der Waals surface area contributed by atoms with E-state index in [9.17, 15) is 14.4 Å². The molecule has 2 heterocycles. The van der Waals surface area contributed by atoms with Crippen LogP contribution in [0.4, 0.5) is 17.1 Å². The minimum absolute atomic E-state index is 0.230. The van der Waals surface area contributed by atoms with E-state index in [2.05, 4.69) is 16.0 Å². The second-order valence-electron chi connectivity index (χ2n) is 7.25.